The first kappa shape index (κ1) is 11.5. The van der Waals surface area contributed by atoms with E-state index in [1.54, 1.807) is 11.3 Å². The normalized spacial score (nSPS) is 16.5. The first-order valence-corrected chi connectivity index (χ1v) is 6.27. The highest BCUT2D eigenvalue weighted by Crippen LogP contribution is 2.18. The average molecular weight is 240 g/mol. The van der Waals surface area contributed by atoms with E-state index in [0.717, 1.165) is 28.7 Å². The number of nitrogens with zero attached hydrogens (tertiary/aromatic N) is 2. The number of aryl methyl sites for hydroxylation is 2. The SMILES string of the molecule is Cc1nc(C)c(CC(=O)N2CCOCC2)s1. The molecule has 1 fully saturated rings. The van der Waals surface area contributed by atoms with Crippen molar-refractivity contribution in [3.63, 3.8) is 0 Å². The van der Waals surface area contributed by atoms with E-state index in [1.807, 2.05) is 18.7 Å². The Balaban J connectivity index is 1.98. The van der Waals surface area contributed by atoms with Crippen LogP contribution in [0.3, 0.4) is 0 Å². The molecule has 2 rings (SSSR count). The number of rotatable bonds is 2. The molecule has 1 aliphatic heterocycles. The number of carbonyl (C=O) groups excluding carboxylic acids is 1. The summed E-state index contributed by atoms with van der Waals surface area (Å²) in [6, 6.07) is 0. The molecular formula is C11H16N2O2S. The summed E-state index contributed by atoms with van der Waals surface area (Å²) in [6.45, 7) is 6.69. The van der Waals surface area contributed by atoms with Crippen LogP contribution in [0.2, 0.25) is 0 Å². The summed E-state index contributed by atoms with van der Waals surface area (Å²) in [5, 5.41) is 1.03. The highest BCUT2D eigenvalue weighted by molar-refractivity contribution is 7.11. The fourth-order valence-corrected chi connectivity index (χ4v) is 2.73. The number of carbonyl (C=O) groups is 1. The minimum absolute atomic E-state index is 0.190. The lowest BCUT2D eigenvalue weighted by atomic mass is 10.2. The Kier molecular flexibility index (Phi) is 3.56. The second kappa shape index (κ2) is 4.93. The van der Waals surface area contributed by atoms with Crippen LogP contribution in [-0.2, 0) is 16.0 Å². The van der Waals surface area contributed by atoms with E-state index in [0.29, 0.717) is 19.6 Å². The van der Waals surface area contributed by atoms with Gasteiger partial charge in [0.15, 0.2) is 0 Å². The Morgan fingerprint density at radius 3 is 2.69 bits per heavy atom. The molecule has 0 aliphatic carbocycles. The molecule has 1 aromatic heterocycles. The van der Waals surface area contributed by atoms with Gasteiger partial charge in [0.2, 0.25) is 5.91 Å². The van der Waals surface area contributed by atoms with Crippen LogP contribution in [0.15, 0.2) is 0 Å². The Morgan fingerprint density at radius 1 is 1.44 bits per heavy atom. The van der Waals surface area contributed by atoms with Gasteiger partial charge in [0.05, 0.1) is 30.3 Å². The first-order valence-electron chi connectivity index (χ1n) is 5.45. The minimum atomic E-state index is 0.190. The van der Waals surface area contributed by atoms with E-state index in [9.17, 15) is 4.79 Å². The van der Waals surface area contributed by atoms with E-state index in [-0.39, 0.29) is 5.91 Å². The Labute approximate surface area is 99.2 Å². The Morgan fingerprint density at radius 2 is 2.12 bits per heavy atom. The van der Waals surface area contributed by atoms with Gasteiger partial charge < -0.3 is 9.64 Å². The molecule has 1 aromatic rings. The summed E-state index contributed by atoms with van der Waals surface area (Å²) >= 11 is 1.62. The molecular weight excluding hydrogens is 224 g/mol. The van der Waals surface area contributed by atoms with Gasteiger partial charge in [-0.25, -0.2) is 4.98 Å². The molecule has 1 amide bonds. The highest BCUT2D eigenvalue weighted by atomic mass is 32.1. The fourth-order valence-electron chi connectivity index (χ4n) is 1.80. The number of hydrogen-bond donors (Lipinski definition) is 0. The van der Waals surface area contributed by atoms with Gasteiger partial charge in [0.25, 0.3) is 0 Å². The third-order valence-electron chi connectivity index (χ3n) is 2.68. The van der Waals surface area contributed by atoms with Crippen molar-refractivity contribution in [3.05, 3.63) is 15.6 Å². The van der Waals surface area contributed by atoms with Gasteiger partial charge >= 0.3 is 0 Å². The summed E-state index contributed by atoms with van der Waals surface area (Å²) < 4.78 is 5.22. The lowest BCUT2D eigenvalue weighted by Crippen LogP contribution is -2.41. The standard InChI is InChI=1S/C11H16N2O2S/c1-8-10(16-9(2)12-8)7-11(14)13-3-5-15-6-4-13/h3-7H2,1-2H3. The summed E-state index contributed by atoms with van der Waals surface area (Å²) in [6.07, 6.45) is 0.483. The molecule has 0 saturated carbocycles. The lowest BCUT2D eigenvalue weighted by Gasteiger charge is -2.26. The van der Waals surface area contributed by atoms with Crippen LogP contribution in [0.5, 0.6) is 0 Å². The predicted molar refractivity (Wildman–Crippen MR) is 62.7 cm³/mol. The monoisotopic (exact) mass is 240 g/mol. The Bertz CT molecular complexity index is 383. The smallest absolute Gasteiger partial charge is 0.228 e. The van der Waals surface area contributed by atoms with Crippen LogP contribution in [0.25, 0.3) is 0 Å². The van der Waals surface area contributed by atoms with Gasteiger partial charge in [-0.05, 0) is 13.8 Å². The van der Waals surface area contributed by atoms with Crippen LogP contribution in [0, 0.1) is 13.8 Å². The van der Waals surface area contributed by atoms with E-state index < -0.39 is 0 Å². The van der Waals surface area contributed by atoms with Crippen molar-refractivity contribution in [1.82, 2.24) is 9.88 Å². The zero-order valence-corrected chi connectivity index (χ0v) is 10.5. The minimum Gasteiger partial charge on any atom is -0.378 e. The molecule has 4 nitrogen and oxygen atoms in total. The summed E-state index contributed by atoms with van der Waals surface area (Å²) in [5.41, 5.74) is 0.990. The summed E-state index contributed by atoms with van der Waals surface area (Å²) in [7, 11) is 0. The average Bonchev–Trinajstić information content (AvgIpc) is 2.59. The molecule has 1 saturated heterocycles. The lowest BCUT2D eigenvalue weighted by molar-refractivity contribution is -0.134. The second-order valence-corrected chi connectivity index (χ2v) is 5.20. The van der Waals surface area contributed by atoms with Crippen LogP contribution < -0.4 is 0 Å². The first-order chi connectivity index (χ1) is 7.66. The maximum Gasteiger partial charge on any atom is 0.228 e. The van der Waals surface area contributed by atoms with Crippen LogP contribution in [-0.4, -0.2) is 42.1 Å². The van der Waals surface area contributed by atoms with E-state index in [2.05, 4.69) is 4.98 Å². The number of ether oxygens (including phenoxy) is 1. The van der Waals surface area contributed by atoms with Gasteiger partial charge in [0.1, 0.15) is 0 Å². The van der Waals surface area contributed by atoms with Crippen molar-refractivity contribution in [2.24, 2.45) is 0 Å². The van der Waals surface area contributed by atoms with Crippen LogP contribution in [0.1, 0.15) is 15.6 Å². The zero-order chi connectivity index (χ0) is 11.5. The van der Waals surface area contributed by atoms with Crippen molar-refractivity contribution in [1.29, 1.82) is 0 Å². The topological polar surface area (TPSA) is 42.4 Å². The quantitative estimate of drug-likeness (QED) is 0.779. The second-order valence-electron chi connectivity index (χ2n) is 3.91. The van der Waals surface area contributed by atoms with Crippen molar-refractivity contribution in [2.75, 3.05) is 26.3 Å². The number of thiazole rings is 1. The Hall–Kier alpha value is -0.940. The molecule has 1 aliphatic rings. The molecule has 0 radical (unpaired) electrons. The van der Waals surface area contributed by atoms with Crippen LogP contribution >= 0.6 is 11.3 Å². The van der Waals surface area contributed by atoms with Crippen molar-refractivity contribution in [2.45, 2.75) is 20.3 Å². The number of aromatic nitrogens is 1. The van der Waals surface area contributed by atoms with Crippen molar-refractivity contribution >= 4 is 17.2 Å². The van der Waals surface area contributed by atoms with Gasteiger partial charge in [-0.2, -0.15) is 0 Å². The third kappa shape index (κ3) is 2.59. The van der Waals surface area contributed by atoms with Gasteiger partial charge in [0, 0.05) is 18.0 Å². The van der Waals surface area contributed by atoms with Gasteiger partial charge in [-0.1, -0.05) is 0 Å². The van der Waals surface area contributed by atoms with Crippen molar-refractivity contribution < 1.29 is 9.53 Å². The molecule has 0 aromatic carbocycles. The predicted octanol–water partition coefficient (Wildman–Crippen LogP) is 1.16. The molecule has 5 heteroatoms. The molecule has 0 unspecified atom stereocenters. The largest absolute Gasteiger partial charge is 0.378 e. The molecule has 88 valence electrons. The molecule has 0 atom stereocenters. The summed E-state index contributed by atoms with van der Waals surface area (Å²) in [5.74, 6) is 0.190. The number of amides is 1. The zero-order valence-electron chi connectivity index (χ0n) is 9.65. The number of morpholine rings is 1. The van der Waals surface area contributed by atoms with Gasteiger partial charge in [-0.3, -0.25) is 4.79 Å². The summed E-state index contributed by atoms with van der Waals surface area (Å²) in [4.78, 5) is 19.3. The van der Waals surface area contributed by atoms with Crippen LogP contribution in [0.4, 0.5) is 0 Å². The molecule has 0 spiro atoms. The maximum atomic E-state index is 12.0. The molecule has 0 N–H and O–H groups in total. The molecule has 0 bridgehead atoms. The third-order valence-corrected chi connectivity index (χ3v) is 3.75. The highest BCUT2D eigenvalue weighted by Gasteiger charge is 2.18. The van der Waals surface area contributed by atoms with E-state index in [4.69, 9.17) is 4.74 Å². The molecule has 16 heavy (non-hydrogen) atoms. The van der Waals surface area contributed by atoms with Gasteiger partial charge in [-0.15, -0.1) is 11.3 Å². The van der Waals surface area contributed by atoms with Crippen molar-refractivity contribution in [3.8, 4) is 0 Å². The van der Waals surface area contributed by atoms with E-state index >= 15 is 0 Å². The van der Waals surface area contributed by atoms with E-state index in [1.165, 1.54) is 0 Å². The molecule has 2 heterocycles. The number of hydrogen-bond acceptors (Lipinski definition) is 4. The maximum absolute atomic E-state index is 12.0. The fraction of sp³-hybridized carbons (Fsp3) is 0.636.